The summed E-state index contributed by atoms with van der Waals surface area (Å²) >= 11 is 0. The van der Waals surface area contributed by atoms with Crippen LogP contribution in [-0.4, -0.2) is 54.4 Å². The lowest BCUT2D eigenvalue weighted by atomic mass is 9.83. The van der Waals surface area contributed by atoms with Crippen LogP contribution >= 0.6 is 0 Å². The van der Waals surface area contributed by atoms with E-state index in [-0.39, 0.29) is 5.91 Å². The molecule has 1 spiro atoms. The van der Waals surface area contributed by atoms with E-state index < -0.39 is 11.7 Å². The molecular formula is C21H27N5O3. The minimum Gasteiger partial charge on any atom is -0.483 e. The zero-order valence-corrected chi connectivity index (χ0v) is 16.8. The van der Waals surface area contributed by atoms with E-state index in [0.717, 1.165) is 12.8 Å². The van der Waals surface area contributed by atoms with Crippen molar-refractivity contribution in [2.24, 2.45) is 0 Å². The first kappa shape index (κ1) is 18.5. The number of aryl methyl sites for hydroxylation is 1. The summed E-state index contributed by atoms with van der Waals surface area (Å²) in [5.74, 6) is 0.673. The Morgan fingerprint density at radius 3 is 2.76 bits per heavy atom. The molecule has 0 bridgehead atoms. The van der Waals surface area contributed by atoms with E-state index in [4.69, 9.17) is 4.74 Å². The van der Waals surface area contributed by atoms with Gasteiger partial charge in [-0.1, -0.05) is 12.8 Å². The molecular weight excluding hydrogens is 370 g/mol. The van der Waals surface area contributed by atoms with Crippen molar-refractivity contribution in [2.75, 3.05) is 13.1 Å². The number of hydrogen-bond donors (Lipinski definition) is 1. The number of carbonyl (C=O) groups excluding carboxylic acids is 1. The van der Waals surface area contributed by atoms with Crippen LogP contribution in [0, 0.1) is 6.92 Å². The highest BCUT2D eigenvalue weighted by molar-refractivity contribution is 5.94. The molecule has 3 aliphatic rings. The summed E-state index contributed by atoms with van der Waals surface area (Å²) in [6.45, 7) is 3.00. The quantitative estimate of drug-likeness (QED) is 0.837. The molecule has 5 rings (SSSR count). The van der Waals surface area contributed by atoms with Crippen LogP contribution in [0.4, 0.5) is 0 Å². The Hall–Kier alpha value is -2.48. The van der Waals surface area contributed by atoms with E-state index in [1.165, 1.54) is 19.2 Å². The summed E-state index contributed by atoms with van der Waals surface area (Å²) in [6, 6.07) is 0.420. The predicted octanol–water partition coefficient (Wildman–Crippen LogP) is 2.59. The van der Waals surface area contributed by atoms with Crippen molar-refractivity contribution in [3.8, 4) is 5.75 Å². The number of aliphatic hydroxyl groups is 1. The van der Waals surface area contributed by atoms with Gasteiger partial charge in [0.25, 0.3) is 5.91 Å². The van der Waals surface area contributed by atoms with Gasteiger partial charge in [-0.05, 0) is 19.8 Å². The second kappa shape index (κ2) is 7.09. The van der Waals surface area contributed by atoms with Crippen molar-refractivity contribution in [1.29, 1.82) is 0 Å². The first-order valence-electron chi connectivity index (χ1n) is 10.6. The van der Waals surface area contributed by atoms with E-state index in [1.807, 2.05) is 22.7 Å². The Morgan fingerprint density at radius 1 is 1.28 bits per heavy atom. The van der Waals surface area contributed by atoms with E-state index in [0.29, 0.717) is 61.1 Å². The van der Waals surface area contributed by atoms with Crippen LogP contribution in [0.25, 0.3) is 0 Å². The number of amides is 1. The van der Waals surface area contributed by atoms with Crippen molar-refractivity contribution in [1.82, 2.24) is 24.6 Å². The lowest BCUT2D eigenvalue weighted by Crippen LogP contribution is -2.51. The fourth-order valence-corrected chi connectivity index (χ4v) is 4.97. The second-order valence-electron chi connectivity index (χ2n) is 8.62. The molecule has 1 amide bonds. The fraction of sp³-hybridized carbons (Fsp3) is 0.619. The number of rotatable bonds is 2. The van der Waals surface area contributed by atoms with Gasteiger partial charge in [-0.25, -0.2) is 9.97 Å². The van der Waals surface area contributed by atoms with E-state index in [9.17, 15) is 9.90 Å². The van der Waals surface area contributed by atoms with Gasteiger partial charge in [0.2, 0.25) is 0 Å². The number of likely N-dealkylation sites (tertiary alicyclic amines) is 1. The lowest BCUT2D eigenvalue weighted by Gasteiger charge is -2.44. The molecule has 154 valence electrons. The van der Waals surface area contributed by atoms with E-state index >= 15 is 0 Å². The second-order valence-corrected chi connectivity index (χ2v) is 8.62. The first-order valence-corrected chi connectivity index (χ1v) is 10.6. The molecule has 4 heterocycles. The molecule has 8 nitrogen and oxygen atoms in total. The van der Waals surface area contributed by atoms with Gasteiger partial charge in [0.15, 0.2) is 5.75 Å². The highest BCUT2D eigenvalue weighted by Gasteiger charge is 2.45. The third kappa shape index (κ3) is 3.29. The zero-order valence-electron chi connectivity index (χ0n) is 16.8. The molecule has 1 N–H and O–H groups in total. The van der Waals surface area contributed by atoms with Crippen molar-refractivity contribution in [3.63, 3.8) is 0 Å². The summed E-state index contributed by atoms with van der Waals surface area (Å²) in [5, 5.41) is 15.4. The summed E-state index contributed by atoms with van der Waals surface area (Å²) < 4.78 is 8.42. The summed E-state index contributed by atoms with van der Waals surface area (Å²) in [7, 11) is 0. The number of hydrogen-bond acceptors (Lipinski definition) is 6. The molecule has 2 aromatic rings. The van der Waals surface area contributed by atoms with Gasteiger partial charge in [-0.2, -0.15) is 5.10 Å². The highest BCUT2D eigenvalue weighted by atomic mass is 16.5. The van der Waals surface area contributed by atoms with Crippen LogP contribution < -0.4 is 4.74 Å². The van der Waals surface area contributed by atoms with Crippen LogP contribution in [0.2, 0.25) is 0 Å². The Morgan fingerprint density at radius 2 is 2.03 bits per heavy atom. The average Bonchev–Trinajstić information content (AvgIpc) is 3.38. The third-order valence-electron chi connectivity index (χ3n) is 6.74. The standard InChI is InChI=1S/C21H27N5O3/c1-14-16(11-22-13-23-14)20(28)25-8-6-21(7-9-25)10-17(27)19-18(29-21)12-26(24-19)15-4-2-3-5-15/h11-13,15,17,27H,2-10H2,1H3. The lowest BCUT2D eigenvalue weighted by molar-refractivity contribution is -0.0504. The summed E-state index contributed by atoms with van der Waals surface area (Å²) in [5.41, 5.74) is 1.47. The van der Waals surface area contributed by atoms with Crippen molar-refractivity contribution < 1.29 is 14.6 Å². The van der Waals surface area contributed by atoms with Crippen LogP contribution in [0.1, 0.15) is 78.8 Å². The van der Waals surface area contributed by atoms with Gasteiger partial charge in [0, 0.05) is 38.5 Å². The van der Waals surface area contributed by atoms with E-state index in [2.05, 4.69) is 15.1 Å². The molecule has 29 heavy (non-hydrogen) atoms. The monoisotopic (exact) mass is 397 g/mol. The number of piperidine rings is 1. The molecule has 2 aliphatic heterocycles. The Labute approximate surface area is 169 Å². The Kier molecular flexibility index (Phi) is 4.53. The normalized spacial score (nSPS) is 23.8. The van der Waals surface area contributed by atoms with Gasteiger partial charge in [0.1, 0.15) is 23.7 Å². The topological polar surface area (TPSA) is 93.4 Å². The van der Waals surface area contributed by atoms with Crippen LogP contribution in [0.3, 0.4) is 0 Å². The summed E-state index contributed by atoms with van der Waals surface area (Å²) in [4.78, 5) is 22.8. The maximum atomic E-state index is 12.8. The van der Waals surface area contributed by atoms with Crippen molar-refractivity contribution in [3.05, 3.63) is 35.7 Å². The number of ether oxygens (including phenoxy) is 1. The average molecular weight is 397 g/mol. The molecule has 2 fully saturated rings. The van der Waals surface area contributed by atoms with E-state index in [1.54, 1.807) is 6.20 Å². The number of aliphatic hydroxyl groups excluding tert-OH is 1. The number of nitrogens with zero attached hydrogens (tertiary/aromatic N) is 5. The molecule has 1 unspecified atom stereocenters. The smallest absolute Gasteiger partial charge is 0.257 e. The molecule has 1 saturated heterocycles. The molecule has 1 saturated carbocycles. The minimum atomic E-state index is -0.617. The van der Waals surface area contributed by atoms with Crippen molar-refractivity contribution in [2.45, 2.75) is 69.6 Å². The SMILES string of the molecule is Cc1ncncc1C(=O)N1CCC2(CC1)CC(O)c1nn(C3CCCC3)cc1O2. The molecule has 0 aromatic carbocycles. The van der Waals surface area contributed by atoms with Gasteiger partial charge >= 0.3 is 0 Å². The van der Waals surface area contributed by atoms with Crippen molar-refractivity contribution >= 4 is 5.91 Å². The van der Waals surface area contributed by atoms with Gasteiger partial charge in [-0.3, -0.25) is 9.48 Å². The Bertz CT molecular complexity index is 913. The van der Waals surface area contributed by atoms with Crippen LogP contribution in [-0.2, 0) is 0 Å². The number of fused-ring (bicyclic) bond motifs is 1. The molecule has 1 atom stereocenters. The van der Waals surface area contributed by atoms with Crippen LogP contribution in [0.5, 0.6) is 5.75 Å². The molecule has 8 heteroatoms. The van der Waals surface area contributed by atoms with Gasteiger partial charge in [0.05, 0.1) is 23.5 Å². The first-order chi connectivity index (χ1) is 14.0. The minimum absolute atomic E-state index is 0.0379. The maximum Gasteiger partial charge on any atom is 0.257 e. The van der Waals surface area contributed by atoms with Gasteiger partial charge < -0.3 is 14.7 Å². The maximum absolute atomic E-state index is 12.8. The molecule has 1 aliphatic carbocycles. The molecule has 2 aromatic heterocycles. The number of carbonyl (C=O) groups is 1. The largest absolute Gasteiger partial charge is 0.483 e. The van der Waals surface area contributed by atoms with Gasteiger partial charge in [-0.15, -0.1) is 0 Å². The third-order valence-corrected chi connectivity index (χ3v) is 6.74. The predicted molar refractivity (Wildman–Crippen MR) is 105 cm³/mol. The van der Waals surface area contributed by atoms with Crippen LogP contribution in [0.15, 0.2) is 18.7 Å². The summed E-state index contributed by atoms with van der Waals surface area (Å²) in [6.07, 6.45) is 11.0. The fourth-order valence-electron chi connectivity index (χ4n) is 4.97. The highest BCUT2D eigenvalue weighted by Crippen LogP contribution is 2.45. The number of aromatic nitrogens is 4. The molecule has 0 radical (unpaired) electrons. The Balaban J connectivity index is 1.30. The zero-order chi connectivity index (χ0) is 20.0.